The van der Waals surface area contributed by atoms with Gasteiger partial charge in [-0.1, -0.05) is 6.07 Å². The molecule has 140 valence electrons. The first-order valence-electron chi connectivity index (χ1n) is 9.02. The number of carboxylic acids is 1. The summed E-state index contributed by atoms with van der Waals surface area (Å²) in [6, 6.07) is 5.02. The second kappa shape index (κ2) is 8.16. The van der Waals surface area contributed by atoms with Crippen molar-refractivity contribution in [2.75, 3.05) is 37.6 Å². The number of amides is 2. The second-order valence-corrected chi connectivity index (χ2v) is 6.64. The summed E-state index contributed by atoms with van der Waals surface area (Å²) in [5, 5.41) is 9.15. The molecular formula is C18H24N4O4. The number of hydrogen-bond donors (Lipinski definition) is 1. The summed E-state index contributed by atoms with van der Waals surface area (Å²) < 4.78 is 0. The topological polar surface area (TPSA) is 94.0 Å². The molecule has 0 saturated carbocycles. The number of aromatic nitrogens is 1. The van der Waals surface area contributed by atoms with Crippen molar-refractivity contribution in [3.05, 3.63) is 24.4 Å². The Kier molecular flexibility index (Phi) is 5.70. The molecule has 1 atom stereocenters. The minimum Gasteiger partial charge on any atom is -0.480 e. The molecule has 2 saturated heterocycles. The van der Waals surface area contributed by atoms with Crippen molar-refractivity contribution >= 4 is 23.6 Å². The summed E-state index contributed by atoms with van der Waals surface area (Å²) in [5.41, 5.74) is 0. The maximum absolute atomic E-state index is 12.4. The van der Waals surface area contributed by atoms with Crippen molar-refractivity contribution in [1.29, 1.82) is 0 Å². The summed E-state index contributed by atoms with van der Waals surface area (Å²) in [7, 11) is 0. The van der Waals surface area contributed by atoms with Crippen molar-refractivity contribution in [1.82, 2.24) is 14.8 Å². The second-order valence-electron chi connectivity index (χ2n) is 6.64. The molecule has 1 aromatic heterocycles. The molecule has 3 heterocycles. The van der Waals surface area contributed by atoms with E-state index in [-0.39, 0.29) is 24.7 Å². The number of rotatable bonds is 5. The SMILES string of the molecule is O=C(O)[C@H]1CCCN1C(=O)CCC(=O)N1CCN(c2ccccn2)CC1. The summed E-state index contributed by atoms with van der Waals surface area (Å²) in [5.74, 6) is -0.350. The highest BCUT2D eigenvalue weighted by Gasteiger charge is 2.34. The molecule has 1 N–H and O–H groups in total. The van der Waals surface area contributed by atoms with Crippen LogP contribution in [0.3, 0.4) is 0 Å². The molecular weight excluding hydrogens is 336 g/mol. The van der Waals surface area contributed by atoms with Crippen LogP contribution in [0.2, 0.25) is 0 Å². The van der Waals surface area contributed by atoms with Gasteiger partial charge in [0.05, 0.1) is 0 Å². The van der Waals surface area contributed by atoms with E-state index in [0.29, 0.717) is 45.6 Å². The zero-order valence-electron chi connectivity index (χ0n) is 14.7. The number of pyridine rings is 1. The fourth-order valence-electron chi connectivity index (χ4n) is 3.56. The van der Waals surface area contributed by atoms with Crippen molar-refractivity contribution in [3.8, 4) is 0 Å². The molecule has 0 aliphatic carbocycles. The van der Waals surface area contributed by atoms with Crippen LogP contribution in [0.5, 0.6) is 0 Å². The molecule has 1 aromatic rings. The van der Waals surface area contributed by atoms with Gasteiger partial charge in [-0.25, -0.2) is 9.78 Å². The Morgan fingerprint density at radius 3 is 2.42 bits per heavy atom. The molecule has 8 nitrogen and oxygen atoms in total. The van der Waals surface area contributed by atoms with Gasteiger partial charge < -0.3 is 19.8 Å². The number of aliphatic carboxylic acids is 1. The summed E-state index contributed by atoms with van der Waals surface area (Å²) in [4.78, 5) is 45.4. The van der Waals surface area contributed by atoms with Gasteiger partial charge in [0.2, 0.25) is 11.8 Å². The fraction of sp³-hybridized carbons (Fsp3) is 0.556. The maximum Gasteiger partial charge on any atom is 0.326 e. The lowest BCUT2D eigenvalue weighted by Gasteiger charge is -2.35. The van der Waals surface area contributed by atoms with E-state index in [9.17, 15) is 14.4 Å². The largest absolute Gasteiger partial charge is 0.480 e. The first kappa shape index (κ1) is 18.2. The average molecular weight is 360 g/mol. The zero-order chi connectivity index (χ0) is 18.5. The van der Waals surface area contributed by atoms with E-state index >= 15 is 0 Å². The van der Waals surface area contributed by atoms with Crippen LogP contribution in [0.4, 0.5) is 5.82 Å². The molecule has 0 bridgehead atoms. The van der Waals surface area contributed by atoms with Crippen molar-refractivity contribution in [2.24, 2.45) is 0 Å². The Morgan fingerprint density at radius 1 is 1.04 bits per heavy atom. The fourth-order valence-corrected chi connectivity index (χ4v) is 3.56. The van der Waals surface area contributed by atoms with Gasteiger partial charge in [-0.15, -0.1) is 0 Å². The third-order valence-electron chi connectivity index (χ3n) is 5.02. The maximum atomic E-state index is 12.4. The zero-order valence-corrected chi connectivity index (χ0v) is 14.7. The summed E-state index contributed by atoms with van der Waals surface area (Å²) >= 11 is 0. The van der Waals surface area contributed by atoms with Gasteiger partial charge in [0, 0.05) is 51.8 Å². The summed E-state index contributed by atoms with van der Waals surface area (Å²) in [6.45, 7) is 3.09. The van der Waals surface area contributed by atoms with Gasteiger partial charge in [-0.05, 0) is 25.0 Å². The molecule has 2 amide bonds. The number of nitrogens with zero attached hydrogens (tertiary/aromatic N) is 4. The van der Waals surface area contributed by atoms with Crippen LogP contribution in [-0.4, -0.2) is 76.4 Å². The normalized spacial score (nSPS) is 20.3. The van der Waals surface area contributed by atoms with E-state index in [0.717, 1.165) is 5.82 Å². The number of carboxylic acid groups (broad SMARTS) is 1. The molecule has 2 fully saturated rings. The van der Waals surface area contributed by atoms with E-state index < -0.39 is 12.0 Å². The predicted molar refractivity (Wildman–Crippen MR) is 94.6 cm³/mol. The van der Waals surface area contributed by atoms with Crippen LogP contribution >= 0.6 is 0 Å². The van der Waals surface area contributed by atoms with E-state index in [4.69, 9.17) is 5.11 Å². The molecule has 0 unspecified atom stereocenters. The number of anilines is 1. The van der Waals surface area contributed by atoms with Crippen LogP contribution < -0.4 is 4.90 Å². The summed E-state index contributed by atoms with van der Waals surface area (Å²) in [6.07, 6.45) is 3.15. The molecule has 0 spiro atoms. The van der Waals surface area contributed by atoms with E-state index in [1.165, 1.54) is 4.90 Å². The van der Waals surface area contributed by atoms with Crippen LogP contribution in [-0.2, 0) is 14.4 Å². The average Bonchev–Trinajstić information content (AvgIpc) is 3.17. The quantitative estimate of drug-likeness (QED) is 0.826. The third-order valence-corrected chi connectivity index (χ3v) is 5.02. The molecule has 0 radical (unpaired) electrons. The molecule has 2 aliphatic rings. The minimum absolute atomic E-state index is 0.0508. The number of carbonyl (C=O) groups is 3. The molecule has 26 heavy (non-hydrogen) atoms. The molecule has 3 rings (SSSR count). The standard InChI is InChI=1S/C18H24N4O4/c23-16(6-7-17(24)22-9-3-4-14(22)18(25)26)21-12-10-20(11-13-21)15-5-1-2-8-19-15/h1-2,5,8,14H,3-4,6-7,9-13H2,(H,25,26)/t14-/m1/s1. The Balaban J connectivity index is 1.44. The van der Waals surface area contributed by atoms with Crippen LogP contribution in [0.25, 0.3) is 0 Å². The van der Waals surface area contributed by atoms with Crippen LogP contribution in [0.15, 0.2) is 24.4 Å². The van der Waals surface area contributed by atoms with E-state index in [1.807, 2.05) is 18.2 Å². The Morgan fingerprint density at radius 2 is 1.77 bits per heavy atom. The number of carbonyl (C=O) groups excluding carboxylic acids is 2. The number of likely N-dealkylation sites (tertiary alicyclic amines) is 1. The Labute approximate surface area is 152 Å². The highest BCUT2D eigenvalue weighted by atomic mass is 16.4. The smallest absolute Gasteiger partial charge is 0.326 e. The lowest BCUT2D eigenvalue weighted by Crippen LogP contribution is -2.49. The van der Waals surface area contributed by atoms with Gasteiger partial charge in [-0.3, -0.25) is 9.59 Å². The Hall–Kier alpha value is -2.64. The van der Waals surface area contributed by atoms with Gasteiger partial charge >= 0.3 is 5.97 Å². The number of piperazine rings is 1. The highest BCUT2D eigenvalue weighted by molar-refractivity contribution is 5.87. The van der Waals surface area contributed by atoms with Crippen molar-refractivity contribution in [2.45, 2.75) is 31.7 Å². The molecule has 2 aliphatic heterocycles. The van der Waals surface area contributed by atoms with Crippen LogP contribution in [0.1, 0.15) is 25.7 Å². The molecule has 0 aromatic carbocycles. The first-order chi connectivity index (χ1) is 12.6. The van der Waals surface area contributed by atoms with E-state index in [2.05, 4.69) is 9.88 Å². The third kappa shape index (κ3) is 4.12. The minimum atomic E-state index is -0.965. The van der Waals surface area contributed by atoms with Gasteiger partial charge in [0.25, 0.3) is 0 Å². The monoisotopic (exact) mass is 360 g/mol. The Bertz CT molecular complexity index is 658. The first-order valence-corrected chi connectivity index (χ1v) is 9.02. The van der Waals surface area contributed by atoms with Crippen molar-refractivity contribution in [3.63, 3.8) is 0 Å². The van der Waals surface area contributed by atoms with Gasteiger partial charge in [0.15, 0.2) is 0 Å². The lowest BCUT2D eigenvalue weighted by atomic mass is 10.2. The van der Waals surface area contributed by atoms with Crippen LogP contribution in [0, 0.1) is 0 Å². The molecule has 8 heteroatoms. The predicted octanol–water partition coefficient (Wildman–Crippen LogP) is 0.586. The van der Waals surface area contributed by atoms with Gasteiger partial charge in [0.1, 0.15) is 11.9 Å². The van der Waals surface area contributed by atoms with Crippen molar-refractivity contribution < 1.29 is 19.5 Å². The number of hydrogen-bond acceptors (Lipinski definition) is 5. The lowest BCUT2D eigenvalue weighted by molar-refractivity contribution is -0.148. The highest BCUT2D eigenvalue weighted by Crippen LogP contribution is 2.19. The van der Waals surface area contributed by atoms with Gasteiger partial charge in [-0.2, -0.15) is 0 Å². The van der Waals surface area contributed by atoms with E-state index in [1.54, 1.807) is 11.1 Å².